The van der Waals surface area contributed by atoms with Gasteiger partial charge in [0.2, 0.25) is 10.0 Å². The molecule has 1 aromatic heterocycles. The highest BCUT2D eigenvalue weighted by molar-refractivity contribution is 7.88. The number of para-hydroxylation sites is 1. The van der Waals surface area contributed by atoms with E-state index in [-0.39, 0.29) is 18.1 Å². The molecule has 3 rings (SSSR count). The number of rotatable bonds is 5. The number of thiazole rings is 1. The Hall–Kier alpha value is -1.83. The lowest BCUT2D eigenvalue weighted by Gasteiger charge is -2.15. The van der Waals surface area contributed by atoms with E-state index in [9.17, 15) is 12.8 Å². The van der Waals surface area contributed by atoms with Gasteiger partial charge in [0.25, 0.3) is 0 Å². The average Bonchev–Trinajstić information content (AvgIpc) is 2.91. The van der Waals surface area contributed by atoms with Crippen molar-refractivity contribution in [3.63, 3.8) is 0 Å². The summed E-state index contributed by atoms with van der Waals surface area (Å²) in [5, 5.41) is 0.747. The zero-order valence-electron chi connectivity index (χ0n) is 12.4. The van der Waals surface area contributed by atoms with Gasteiger partial charge in [-0.2, -0.15) is 4.31 Å². The molecule has 0 bridgehead atoms. The number of aromatic nitrogens is 1. The predicted octanol–water partition coefficient (Wildman–Crippen LogP) is 3.40. The van der Waals surface area contributed by atoms with E-state index in [4.69, 9.17) is 0 Å². The summed E-state index contributed by atoms with van der Waals surface area (Å²) in [6, 6.07) is 13.2. The lowest BCUT2D eigenvalue weighted by atomic mass is 10.2. The van der Waals surface area contributed by atoms with E-state index in [1.165, 1.54) is 47.0 Å². The Morgan fingerprint density at radius 1 is 1.13 bits per heavy atom. The van der Waals surface area contributed by atoms with Crippen LogP contribution in [0.25, 0.3) is 10.2 Å². The Kier molecular flexibility index (Phi) is 4.43. The standard InChI is InChI=1S/C16H15FN2O2S2/c1-19(10-16-18-14-4-2-3-5-15(14)22-16)23(20,21)11-12-6-8-13(17)9-7-12/h2-9H,10-11H2,1H3. The largest absolute Gasteiger partial charge is 0.240 e. The molecule has 0 spiro atoms. The first-order chi connectivity index (χ1) is 10.9. The Morgan fingerprint density at radius 2 is 1.83 bits per heavy atom. The minimum atomic E-state index is -3.48. The molecule has 4 nitrogen and oxygen atoms in total. The number of halogens is 1. The lowest BCUT2D eigenvalue weighted by Crippen LogP contribution is -2.27. The van der Waals surface area contributed by atoms with Gasteiger partial charge in [0.15, 0.2) is 0 Å². The van der Waals surface area contributed by atoms with Crippen LogP contribution in [0.4, 0.5) is 4.39 Å². The van der Waals surface area contributed by atoms with Crippen molar-refractivity contribution in [2.24, 2.45) is 0 Å². The van der Waals surface area contributed by atoms with Gasteiger partial charge < -0.3 is 0 Å². The molecule has 7 heteroatoms. The zero-order chi connectivity index (χ0) is 16.4. The van der Waals surface area contributed by atoms with Crippen molar-refractivity contribution in [2.75, 3.05) is 7.05 Å². The third-order valence-corrected chi connectivity index (χ3v) is 6.23. The van der Waals surface area contributed by atoms with Crippen molar-refractivity contribution < 1.29 is 12.8 Å². The number of sulfonamides is 1. The molecule has 120 valence electrons. The van der Waals surface area contributed by atoms with E-state index in [1.54, 1.807) is 0 Å². The van der Waals surface area contributed by atoms with Crippen molar-refractivity contribution >= 4 is 31.6 Å². The van der Waals surface area contributed by atoms with Gasteiger partial charge in [-0.15, -0.1) is 11.3 Å². The third kappa shape index (κ3) is 3.74. The summed E-state index contributed by atoms with van der Waals surface area (Å²) in [6.07, 6.45) is 0. The Bertz CT molecular complexity index is 888. The Labute approximate surface area is 138 Å². The molecule has 0 aliphatic rings. The molecule has 0 aliphatic heterocycles. The fourth-order valence-corrected chi connectivity index (χ4v) is 4.43. The van der Waals surface area contributed by atoms with Crippen LogP contribution in [0, 0.1) is 5.82 Å². The van der Waals surface area contributed by atoms with Crippen LogP contribution in [-0.2, 0) is 22.3 Å². The van der Waals surface area contributed by atoms with Crippen molar-refractivity contribution in [1.82, 2.24) is 9.29 Å². The van der Waals surface area contributed by atoms with Crippen molar-refractivity contribution in [2.45, 2.75) is 12.3 Å². The monoisotopic (exact) mass is 350 g/mol. The van der Waals surface area contributed by atoms with Crippen LogP contribution < -0.4 is 0 Å². The molecule has 0 radical (unpaired) electrons. The molecule has 0 unspecified atom stereocenters. The second-order valence-electron chi connectivity index (χ2n) is 5.21. The molecule has 0 fully saturated rings. The Morgan fingerprint density at radius 3 is 2.52 bits per heavy atom. The fourth-order valence-electron chi connectivity index (χ4n) is 2.18. The fraction of sp³-hybridized carbons (Fsp3) is 0.188. The van der Waals surface area contributed by atoms with Crippen LogP contribution in [0.5, 0.6) is 0 Å². The van der Waals surface area contributed by atoms with Crippen LogP contribution >= 0.6 is 11.3 Å². The topological polar surface area (TPSA) is 50.3 Å². The molecular formula is C16H15FN2O2S2. The van der Waals surface area contributed by atoms with Crippen LogP contribution in [0.3, 0.4) is 0 Å². The van der Waals surface area contributed by atoms with Gasteiger partial charge in [-0.25, -0.2) is 17.8 Å². The molecule has 0 N–H and O–H groups in total. The van der Waals surface area contributed by atoms with E-state index in [0.717, 1.165) is 15.2 Å². The summed E-state index contributed by atoms with van der Waals surface area (Å²) >= 11 is 1.48. The molecule has 0 saturated heterocycles. The number of hydrogen-bond acceptors (Lipinski definition) is 4. The maximum atomic E-state index is 12.9. The summed E-state index contributed by atoms with van der Waals surface area (Å²) in [4.78, 5) is 4.45. The van der Waals surface area contributed by atoms with E-state index in [0.29, 0.717) is 5.56 Å². The molecule has 0 saturated carbocycles. The number of hydrogen-bond donors (Lipinski definition) is 0. The first-order valence-corrected chi connectivity index (χ1v) is 9.39. The molecule has 0 atom stereocenters. The van der Waals surface area contributed by atoms with Gasteiger partial charge >= 0.3 is 0 Å². The highest BCUT2D eigenvalue weighted by Gasteiger charge is 2.20. The highest BCUT2D eigenvalue weighted by Crippen LogP contribution is 2.23. The van der Waals surface area contributed by atoms with E-state index in [1.807, 2.05) is 24.3 Å². The minimum Gasteiger partial charge on any atom is -0.240 e. The molecule has 2 aromatic carbocycles. The molecule has 1 heterocycles. The average molecular weight is 350 g/mol. The molecule has 23 heavy (non-hydrogen) atoms. The molecule has 0 aliphatic carbocycles. The summed E-state index contributed by atoms with van der Waals surface area (Å²) in [6.45, 7) is 0.225. The van der Waals surface area contributed by atoms with E-state index < -0.39 is 10.0 Å². The first kappa shape index (κ1) is 16.0. The van der Waals surface area contributed by atoms with Crippen LogP contribution in [0.15, 0.2) is 48.5 Å². The van der Waals surface area contributed by atoms with Gasteiger partial charge in [0.1, 0.15) is 10.8 Å². The van der Waals surface area contributed by atoms with E-state index >= 15 is 0 Å². The van der Waals surface area contributed by atoms with Crippen molar-refractivity contribution in [1.29, 1.82) is 0 Å². The van der Waals surface area contributed by atoms with Crippen molar-refractivity contribution in [3.05, 3.63) is 64.9 Å². The number of benzene rings is 2. The second kappa shape index (κ2) is 6.35. The summed E-state index contributed by atoms with van der Waals surface area (Å²) < 4.78 is 40.0. The normalized spacial score (nSPS) is 12.1. The van der Waals surface area contributed by atoms with Crippen LogP contribution in [0.1, 0.15) is 10.6 Å². The maximum Gasteiger partial charge on any atom is 0.218 e. The summed E-state index contributed by atoms with van der Waals surface area (Å²) in [5.41, 5.74) is 1.43. The SMILES string of the molecule is CN(Cc1nc2ccccc2s1)S(=O)(=O)Cc1ccc(F)cc1. The van der Waals surface area contributed by atoms with Crippen LogP contribution in [-0.4, -0.2) is 24.8 Å². The maximum absolute atomic E-state index is 12.9. The quantitative estimate of drug-likeness (QED) is 0.709. The molecule has 0 amide bonds. The van der Waals surface area contributed by atoms with Gasteiger partial charge in [-0.3, -0.25) is 0 Å². The molecule has 3 aromatic rings. The van der Waals surface area contributed by atoms with Gasteiger partial charge in [-0.05, 0) is 29.8 Å². The number of fused-ring (bicyclic) bond motifs is 1. The smallest absolute Gasteiger partial charge is 0.218 e. The Balaban J connectivity index is 1.75. The zero-order valence-corrected chi connectivity index (χ0v) is 14.1. The predicted molar refractivity (Wildman–Crippen MR) is 90.1 cm³/mol. The first-order valence-electron chi connectivity index (χ1n) is 6.97. The lowest BCUT2D eigenvalue weighted by molar-refractivity contribution is 0.465. The van der Waals surface area contributed by atoms with Gasteiger partial charge in [-0.1, -0.05) is 24.3 Å². The summed E-state index contributed by atoms with van der Waals surface area (Å²) in [5.74, 6) is -0.539. The number of nitrogens with zero attached hydrogens (tertiary/aromatic N) is 2. The summed E-state index contributed by atoms with van der Waals surface area (Å²) in [7, 11) is -1.95. The van der Waals surface area contributed by atoms with Gasteiger partial charge in [0, 0.05) is 7.05 Å². The van der Waals surface area contributed by atoms with Crippen LogP contribution in [0.2, 0.25) is 0 Å². The highest BCUT2D eigenvalue weighted by atomic mass is 32.2. The van der Waals surface area contributed by atoms with Gasteiger partial charge in [0.05, 0.1) is 22.5 Å². The van der Waals surface area contributed by atoms with E-state index in [2.05, 4.69) is 4.98 Å². The third-order valence-electron chi connectivity index (χ3n) is 3.43. The van der Waals surface area contributed by atoms with Crippen molar-refractivity contribution in [3.8, 4) is 0 Å². The second-order valence-corrected chi connectivity index (χ2v) is 8.41. The molecular weight excluding hydrogens is 335 g/mol. The minimum absolute atomic E-state index is 0.158.